The molecule has 0 aliphatic rings. The molecule has 1 aromatic carbocycles. The molecule has 0 saturated heterocycles. The molecule has 0 aliphatic heterocycles. The molecule has 0 fully saturated rings. The van der Waals surface area contributed by atoms with Gasteiger partial charge in [-0.25, -0.2) is 0 Å². The average Bonchev–Trinajstić information content (AvgIpc) is 2.45. The van der Waals surface area contributed by atoms with Gasteiger partial charge in [-0.1, -0.05) is 45.4 Å². The normalized spacial score (nSPS) is 10.7. The van der Waals surface area contributed by atoms with Crippen LogP contribution in [-0.2, 0) is 0 Å². The first kappa shape index (κ1) is 17.7. The SMILES string of the molecule is CCCCCCCCCC(=O)c1cc(C)c(OC)c(C)c1. The largest absolute Gasteiger partial charge is 0.496 e. The van der Waals surface area contributed by atoms with Gasteiger partial charge in [0, 0.05) is 12.0 Å². The first-order chi connectivity index (χ1) is 10.1. The minimum Gasteiger partial charge on any atom is -0.496 e. The Balaban J connectivity index is 2.39. The monoisotopic (exact) mass is 290 g/mol. The fraction of sp³-hybridized carbons (Fsp3) is 0.632. The van der Waals surface area contributed by atoms with Crippen molar-refractivity contribution in [2.45, 2.75) is 72.1 Å². The number of ketones is 1. The van der Waals surface area contributed by atoms with E-state index in [1.807, 2.05) is 26.0 Å². The number of rotatable bonds is 10. The maximum Gasteiger partial charge on any atom is 0.162 e. The lowest BCUT2D eigenvalue weighted by Crippen LogP contribution is -2.02. The van der Waals surface area contributed by atoms with Crippen LogP contribution in [0.3, 0.4) is 0 Å². The molecule has 21 heavy (non-hydrogen) atoms. The smallest absolute Gasteiger partial charge is 0.162 e. The fourth-order valence-corrected chi connectivity index (χ4v) is 2.82. The van der Waals surface area contributed by atoms with E-state index in [1.165, 1.54) is 38.5 Å². The number of aryl methyl sites for hydroxylation is 2. The molecule has 0 bridgehead atoms. The third kappa shape index (κ3) is 5.91. The van der Waals surface area contributed by atoms with Gasteiger partial charge in [-0.2, -0.15) is 0 Å². The minimum absolute atomic E-state index is 0.261. The van der Waals surface area contributed by atoms with Gasteiger partial charge in [-0.05, 0) is 43.5 Å². The van der Waals surface area contributed by atoms with Gasteiger partial charge < -0.3 is 4.74 Å². The van der Waals surface area contributed by atoms with Crippen LogP contribution in [0.2, 0.25) is 0 Å². The number of hydrogen-bond acceptors (Lipinski definition) is 2. The summed E-state index contributed by atoms with van der Waals surface area (Å²) in [5.41, 5.74) is 2.91. The summed E-state index contributed by atoms with van der Waals surface area (Å²) in [7, 11) is 1.68. The summed E-state index contributed by atoms with van der Waals surface area (Å²) in [4.78, 5) is 12.2. The zero-order valence-electron chi connectivity index (χ0n) is 14.1. The molecule has 0 N–H and O–H groups in total. The highest BCUT2D eigenvalue weighted by Crippen LogP contribution is 2.25. The Morgan fingerprint density at radius 2 is 1.48 bits per heavy atom. The van der Waals surface area contributed by atoms with Crippen molar-refractivity contribution in [1.82, 2.24) is 0 Å². The van der Waals surface area contributed by atoms with Crippen molar-refractivity contribution in [3.05, 3.63) is 28.8 Å². The molecule has 1 aromatic rings. The van der Waals surface area contributed by atoms with Gasteiger partial charge in [-0.15, -0.1) is 0 Å². The van der Waals surface area contributed by atoms with Crippen LogP contribution in [0, 0.1) is 13.8 Å². The summed E-state index contributed by atoms with van der Waals surface area (Å²) in [5, 5.41) is 0. The molecule has 2 nitrogen and oxygen atoms in total. The molecule has 0 spiro atoms. The van der Waals surface area contributed by atoms with E-state index >= 15 is 0 Å². The average molecular weight is 290 g/mol. The maximum absolute atomic E-state index is 12.2. The third-order valence-electron chi connectivity index (χ3n) is 3.99. The van der Waals surface area contributed by atoms with Gasteiger partial charge in [0.2, 0.25) is 0 Å². The predicted octanol–water partition coefficient (Wildman–Crippen LogP) is 5.64. The van der Waals surface area contributed by atoms with Crippen LogP contribution in [-0.4, -0.2) is 12.9 Å². The first-order valence-corrected chi connectivity index (χ1v) is 8.28. The number of carbonyl (C=O) groups is 1. The van der Waals surface area contributed by atoms with E-state index in [-0.39, 0.29) is 5.78 Å². The highest BCUT2D eigenvalue weighted by Gasteiger charge is 2.10. The number of unbranched alkanes of at least 4 members (excludes halogenated alkanes) is 6. The highest BCUT2D eigenvalue weighted by molar-refractivity contribution is 5.96. The summed E-state index contributed by atoms with van der Waals surface area (Å²) in [5.74, 6) is 1.15. The van der Waals surface area contributed by atoms with E-state index in [0.717, 1.165) is 28.9 Å². The summed E-state index contributed by atoms with van der Waals surface area (Å²) >= 11 is 0. The summed E-state index contributed by atoms with van der Waals surface area (Å²) in [6.07, 6.45) is 9.37. The van der Waals surface area contributed by atoms with Crippen molar-refractivity contribution in [3.8, 4) is 5.75 Å². The molecule has 1 rings (SSSR count). The van der Waals surface area contributed by atoms with E-state index in [0.29, 0.717) is 6.42 Å². The van der Waals surface area contributed by atoms with Crippen molar-refractivity contribution in [3.63, 3.8) is 0 Å². The second-order valence-electron chi connectivity index (χ2n) is 5.94. The molecule has 0 aliphatic carbocycles. The molecule has 0 atom stereocenters. The fourth-order valence-electron chi connectivity index (χ4n) is 2.82. The molecule has 0 saturated carbocycles. The second-order valence-corrected chi connectivity index (χ2v) is 5.94. The van der Waals surface area contributed by atoms with Crippen molar-refractivity contribution in [2.24, 2.45) is 0 Å². The van der Waals surface area contributed by atoms with Crippen LogP contribution in [0.5, 0.6) is 5.75 Å². The third-order valence-corrected chi connectivity index (χ3v) is 3.99. The van der Waals surface area contributed by atoms with Gasteiger partial charge in [0.25, 0.3) is 0 Å². The van der Waals surface area contributed by atoms with Crippen LogP contribution in [0.15, 0.2) is 12.1 Å². The standard InChI is InChI=1S/C19H30O2/c1-5-6-7-8-9-10-11-12-18(20)17-13-15(2)19(21-4)16(3)14-17/h13-14H,5-12H2,1-4H3. The Hall–Kier alpha value is -1.31. The quantitative estimate of drug-likeness (QED) is 0.412. The van der Waals surface area contributed by atoms with Gasteiger partial charge in [0.1, 0.15) is 5.75 Å². The molecule has 0 unspecified atom stereocenters. The molecule has 118 valence electrons. The van der Waals surface area contributed by atoms with Crippen LogP contribution in [0.1, 0.15) is 79.8 Å². The molecule has 0 radical (unpaired) electrons. The number of Topliss-reactive ketones (excluding diaryl/α,β-unsaturated/α-hetero) is 1. The van der Waals surface area contributed by atoms with Crippen molar-refractivity contribution in [1.29, 1.82) is 0 Å². The van der Waals surface area contributed by atoms with Crippen LogP contribution >= 0.6 is 0 Å². The van der Waals surface area contributed by atoms with Crippen LogP contribution in [0.25, 0.3) is 0 Å². The molecular formula is C19H30O2. The Bertz CT molecular complexity index is 426. The van der Waals surface area contributed by atoms with E-state index in [2.05, 4.69) is 6.92 Å². The number of methoxy groups -OCH3 is 1. The lowest BCUT2D eigenvalue weighted by Gasteiger charge is -2.10. The lowest BCUT2D eigenvalue weighted by atomic mass is 9.99. The first-order valence-electron chi connectivity index (χ1n) is 8.28. The van der Waals surface area contributed by atoms with Gasteiger partial charge in [-0.3, -0.25) is 4.79 Å². The summed E-state index contributed by atoms with van der Waals surface area (Å²) < 4.78 is 5.34. The molecule has 0 heterocycles. The van der Waals surface area contributed by atoms with Crippen molar-refractivity contribution < 1.29 is 9.53 Å². The van der Waals surface area contributed by atoms with Crippen LogP contribution in [0.4, 0.5) is 0 Å². The van der Waals surface area contributed by atoms with E-state index in [1.54, 1.807) is 7.11 Å². The van der Waals surface area contributed by atoms with E-state index < -0.39 is 0 Å². The number of carbonyl (C=O) groups excluding carboxylic acids is 1. The number of ether oxygens (including phenoxy) is 1. The van der Waals surface area contributed by atoms with E-state index in [9.17, 15) is 4.79 Å². The Kier molecular flexibility index (Phi) is 8.11. The van der Waals surface area contributed by atoms with Crippen molar-refractivity contribution >= 4 is 5.78 Å². The van der Waals surface area contributed by atoms with E-state index in [4.69, 9.17) is 4.74 Å². The van der Waals surface area contributed by atoms with Gasteiger partial charge in [0.05, 0.1) is 7.11 Å². The topological polar surface area (TPSA) is 26.3 Å². The Morgan fingerprint density at radius 1 is 0.952 bits per heavy atom. The molecular weight excluding hydrogens is 260 g/mol. The lowest BCUT2D eigenvalue weighted by molar-refractivity contribution is 0.0979. The zero-order valence-corrected chi connectivity index (χ0v) is 14.1. The van der Waals surface area contributed by atoms with Gasteiger partial charge in [0.15, 0.2) is 5.78 Å². The highest BCUT2D eigenvalue weighted by atomic mass is 16.5. The molecule has 0 aromatic heterocycles. The number of hydrogen-bond donors (Lipinski definition) is 0. The van der Waals surface area contributed by atoms with Gasteiger partial charge >= 0.3 is 0 Å². The zero-order chi connectivity index (χ0) is 15.7. The molecule has 2 heteroatoms. The summed E-state index contributed by atoms with van der Waals surface area (Å²) in [6.45, 7) is 6.23. The maximum atomic E-state index is 12.2. The minimum atomic E-state index is 0.261. The van der Waals surface area contributed by atoms with Crippen LogP contribution < -0.4 is 4.74 Å². The molecule has 0 amide bonds. The predicted molar refractivity (Wildman–Crippen MR) is 89.4 cm³/mol. The number of benzene rings is 1. The summed E-state index contributed by atoms with van der Waals surface area (Å²) in [6, 6.07) is 3.91. The Labute approximate surface area is 129 Å². The van der Waals surface area contributed by atoms with Crippen molar-refractivity contribution in [2.75, 3.05) is 7.11 Å². The Morgan fingerprint density at radius 3 is 2.00 bits per heavy atom. The second kappa shape index (κ2) is 9.59.